The van der Waals surface area contributed by atoms with Crippen LogP contribution in [0, 0.1) is 5.82 Å². The molecule has 0 saturated carbocycles. The molecule has 1 aromatic heterocycles. The van der Waals surface area contributed by atoms with E-state index in [0.29, 0.717) is 5.56 Å². The van der Waals surface area contributed by atoms with Crippen LogP contribution in [0.15, 0.2) is 48.8 Å². The fourth-order valence-electron chi connectivity index (χ4n) is 1.84. The topological polar surface area (TPSA) is 33.2 Å². The number of amides is 1. The predicted octanol–water partition coefficient (Wildman–Crippen LogP) is 3.05. The summed E-state index contributed by atoms with van der Waals surface area (Å²) in [5.74, 6) is -0.363. The van der Waals surface area contributed by atoms with Crippen LogP contribution in [0.5, 0.6) is 0 Å². The van der Waals surface area contributed by atoms with Crippen molar-refractivity contribution < 1.29 is 9.18 Å². The molecule has 0 aliphatic rings. The number of hydrogen-bond acceptors (Lipinski definition) is 2. The number of hydrogen-bond donors (Lipinski definition) is 0. The number of benzene rings is 1. The van der Waals surface area contributed by atoms with Crippen molar-refractivity contribution in [3.05, 3.63) is 65.7 Å². The van der Waals surface area contributed by atoms with Gasteiger partial charge in [0.15, 0.2) is 0 Å². The van der Waals surface area contributed by atoms with Crippen molar-refractivity contribution in [3.63, 3.8) is 0 Å². The number of nitrogens with zero attached hydrogens (tertiary/aromatic N) is 2. The third kappa shape index (κ3) is 2.96. The number of rotatable bonds is 3. The molecule has 1 aromatic carbocycles. The molecule has 1 heterocycles. The third-order valence-corrected chi connectivity index (χ3v) is 3.18. The van der Waals surface area contributed by atoms with E-state index in [1.54, 1.807) is 48.6 Å². The fraction of sp³-hybridized carbons (Fsp3) is 0.200. The van der Waals surface area contributed by atoms with Gasteiger partial charge in [-0.15, -0.1) is 0 Å². The number of carbonyl (C=O) groups is 1. The van der Waals surface area contributed by atoms with Gasteiger partial charge in [0.25, 0.3) is 5.91 Å². The summed E-state index contributed by atoms with van der Waals surface area (Å²) in [5.41, 5.74) is 1.48. The molecule has 0 N–H and O–H groups in total. The summed E-state index contributed by atoms with van der Waals surface area (Å²) in [6, 6.07) is 9.41. The van der Waals surface area contributed by atoms with Gasteiger partial charge in [0, 0.05) is 25.0 Å². The van der Waals surface area contributed by atoms with E-state index >= 15 is 0 Å². The molecule has 19 heavy (non-hydrogen) atoms. The van der Waals surface area contributed by atoms with E-state index in [2.05, 4.69) is 4.98 Å². The van der Waals surface area contributed by atoms with Crippen molar-refractivity contribution in [1.82, 2.24) is 9.88 Å². The van der Waals surface area contributed by atoms with Gasteiger partial charge in [0.05, 0.1) is 6.04 Å². The lowest BCUT2D eigenvalue weighted by atomic mass is 10.1. The largest absolute Gasteiger partial charge is 0.335 e. The quantitative estimate of drug-likeness (QED) is 0.847. The van der Waals surface area contributed by atoms with Crippen LogP contribution in [0.2, 0.25) is 0 Å². The van der Waals surface area contributed by atoms with Gasteiger partial charge in [0.2, 0.25) is 0 Å². The van der Waals surface area contributed by atoms with E-state index in [0.717, 1.165) is 5.56 Å². The van der Waals surface area contributed by atoms with Gasteiger partial charge in [-0.25, -0.2) is 4.39 Å². The highest BCUT2D eigenvalue weighted by molar-refractivity contribution is 5.94. The van der Waals surface area contributed by atoms with Crippen molar-refractivity contribution in [2.45, 2.75) is 13.0 Å². The van der Waals surface area contributed by atoms with Gasteiger partial charge in [-0.2, -0.15) is 0 Å². The molecule has 2 aromatic rings. The zero-order valence-corrected chi connectivity index (χ0v) is 10.9. The zero-order chi connectivity index (χ0) is 13.8. The molecule has 1 amide bonds. The molecule has 0 aliphatic carbocycles. The zero-order valence-electron chi connectivity index (χ0n) is 10.9. The second-order valence-corrected chi connectivity index (χ2v) is 4.38. The highest BCUT2D eigenvalue weighted by atomic mass is 19.1. The van der Waals surface area contributed by atoms with Gasteiger partial charge in [0.1, 0.15) is 5.82 Å². The average Bonchev–Trinajstić information content (AvgIpc) is 2.46. The Morgan fingerprint density at radius 3 is 2.32 bits per heavy atom. The van der Waals surface area contributed by atoms with Gasteiger partial charge in [-0.05, 0) is 36.8 Å². The molecule has 0 radical (unpaired) electrons. The minimum atomic E-state index is -0.279. The van der Waals surface area contributed by atoms with Crippen molar-refractivity contribution in [2.24, 2.45) is 0 Å². The van der Waals surface area contributed by atoms with Gasteiger partial charge in [-0.1, -0.05) is 12.1 Å². The Hall–Kier alpha value is -2.23. The van der Waals surface area contributed by atoms with E-state index in [1.807, 2.05) is 6.92 Å². The summed E-state index contributed by atoms with van der Waals surface area (Å²) in [6.07, 6.45) is 3.17. The summed E-state index contributed by atoms with van der Waals surface area (Å²) in [5, 5.41) is 0. The third-order valence-electron chi connectivity index (χ3n) is 3.18. The minimum absolute atomic E-state index is 0.0841. The monoisotopic (exact) mass is 258 g/mol. The van der Waals surface area contributed by atoms with Gasteiger partial charge in [-0.3, -0.25) is 9.78 Å². The average molecular weight is 258 g/mol. The molecule has 2 rings (SSSR count). The Morgan fingerprint density at radius 1 is 1.16 bits per heavy atom. The van der Waals surface area contributed by atoms with Crippen molar-refractivity contribution in [2.75, 3.05) is 7.05 Å². The first-order valence-electron chi connectivity index (χ1n) is 6.02. The molecular weight excluding hydrogens is 243 g/mol. The Labute approximate surface area is 111 Å². The first-order valence-corrected chi connectivity index (χ1v) is 6.02. The molecule has 0 fully saturated rings. The van der Waals surface area contributed by atoms with E-state index in [-0.39, 0.29) is 17.8 Å². The van der Waals surface area contributed by atoms with Crippen LogP contribution in [0.1, 0.15) is 28.9 Å². The Balaban J connectivity index is 2.17. The summed E-state index contributed by atoms with van der Waals surface area (Å²) in [7, 11) is 1.73. The van der Waals surface area contributed by atoms with E-state index < -0.39 is 0 Å². The van der Waals surface area contributed by atoms with Crippen LogP contribution in [-0.4, -0.2) is 22.8 Å². The Kier molecular flexibility index (Phi) is 3.90. The van der Waals surface area contributed by atoms with Crippen LogP contribution in [0.4, 0.5) is 4.39 Å². The maximum atomic E-state index is 12.9. The maximum absolute atomic E-state index is 12.9. The maximum Gasteiger partial charge on any atom is 0.254 e. The summed E-state index contributed by atoms with van der Waals surface area (Å²) in [6.45, 7) is 1.91. The van der Waals surface area contributed by atoms with Crippen LogP contribution in [0.3, 0.4) is 0 Å². The molecular formula is C15H15FN2O. The first-order chi connectivity index (χ1) is 9.09. The highest BCUT2D eigenvalue weighted by Crippen LogP contribution is 2.20. The lowest BCUT2D eigenvalue weighted by molar-refractivity contribution is 0.0742. The van der Waals surface area contributed by atoms with Gasteiger partial charge < -0.3 is 4.90 Å². The van der Waals surface area contributed by atoms with Crippen molar-refractivity contribution >= 4 is 5.91 Å². The first kappa shape index (κ1) is 13.2. The minimum Gasteiger partial charge on any atom is -0.335 e. The van der Waals surface area contributed by atoms with E-state index in [4.69, 9.17) is 0 Å². The molecule has 0 saturated heterocycles. The van der Waals surface area contributed by atoms with Crippen LogP contribution >= 0.6 is 0 Å². The molecule has 0 bridgehead atoms. The number of pyridine rings is 1. The number of halogens is 1. The number of carbonyl (C=O) groups excluding carboxylic acids is 1. The molecule has 1 unspecified atom stereocenters. The SMILES string of the molecule is CC(c1ccc(F)cc1)N(C)C(=O)c1ccncc1. The van der Waals surface area contributed by atoms with Crippen molar-refractivity contribution in [3.8, 4) is 0 Å². The Morgan fingerprint density at radius 2 is 1.74 bits per heavy atom. The summed E-state index contributed by atoms with van der Waals surface area (Å²) < 4.78 is 12.9. The van der Waals surface area contributed by atoms with Crippen LogP contribution in [-0.2, 0) is 0 Å². The lowest BCUT2D eigenvalue weighted by Gasteiger charge is -2.25. The molecule has 4 heteroatoms. The highest BCUT2D eigenvalue weighted by Gasteiger charge is 2.18. The van der Waals surface area contributed by atoms with E-state index in [1.165, 1.54) is 12.1 Å². The second kappa shape index (κ2) is 5.61. The number of aromatic nitrogens is 1. The second-order valence-electron chi connectivity index (χ2n) is 4.38. The summed E-state index contributed by atoms with van der Waals surface area (Å²) in [4.78, 5) is 17.8. The molecule has 1 atom stereocenters. The fourth-order valence-corrected chi connectivity index (χ4v) is 1.84. The van der Waals surface area contributed by atoms with Crippen LogP contribution in [0.25, 0.3) is 0 Å². The van der Waals surface area contributed by atoms with Crippen LogP contribution < -0.4 is 0 Å². The standard InChI is InChI=1S/C15H15FN2O/c1-11(12-3-5-14(16)6-4-12)18(2)15(19)13-7-9-17-10-8-13/h3-11H,1-2H3. The lowest BCUT2D eigenvalue weighted by Crippen LogP contribution is -2.29. The smallest absolute Gasteiger partial charge is 0.254 e. The predicted molar refractivity (Wildman–Crippen MR) is 71.1 cm³/mol. The van der Waals surface area contributed by atoms with Gasteiger partial charge >= 0.3 is 0 Å². The Bertz CT molecular complexity index is 554. The normalized spacial score (nSPS) is 11.9. The molecule has 3 nitrogen and oxygen atoms in total. The van der Waals surface area contributed by atoms with Crippen molar-refractivity contribution in [1.29, 1.82) is 0 Å². The summed E-state index contributed by atoms with van der Waals surface area (Å²) >= 11 is 0. The molecule has 0 spiro atoms. The van der Waals surface area contributed by atoms with E-state index in [9.17, 15) is 9.18 Å². The molecule has 0 aliphatic heterocycles. The molecule has 98 valence electrons.